The molecule has 3 aromatic carbocycles. The van der Waals surface area contributed by atoms with Crippen molar-refractivity contribution in [2.75, 3.05) is 0 Å². The minimum Gasteiger partial charge on any atom is -0.329 e. The number of aromatic nitrogens is 2. The number of hydrogen-bond acceptors (Lipinski definition) is 3. The Hall–Kier alpha value is -2.74. The van der Waals surface area contributed by atoms with Crippen LogP contribution in [0.15, 0.2) is 77.7 Å². The molecule has 0 aliphatic carbocycles. The van der Waals surface area contributed by atoms with Crippen molar-refractivity contribution in [2.24, 2.45) is 7.05 Å². The average Bonchev–Trinajstić information content (AvgIpc) is 3.05. The van der Waals surface area contributed by atoms with Crippen LogP contribution in [0.25, 0.3) is 11.0 Å². The molecule has 0 radical (unpaired) electrons. The molecule has 4 aromatic rings. The van der Waals surface area contributed by atoms with E-state index in [0.717, 1.165) is 23.2 Å². The molecule has 5 nitrogen and oxygen atoms in total. The van der Waals surface area contributed by atoms with Gasteiger partial charge in [0.15, 0.2) is 0 Å². The number of benzene rings is 3. The van der Waals surface area contributed by atoms with Crippen molar-refractivity contribution >= 4 is 32.7 Å². The van der Waals surface area contributed by atoms with Crippen LogP contribution in [0, 0.1) is 5.82 Å². The summed E-state index contributed by atoms with van der Waals surface area (Å²) in [6.45, 7) is 0. The second-order valence-electron chi connectivity index (χ2n) is 6.56. The van der Waals surface area contributed by atoms with E-state index in [1.807, 2.05) is 54.1 Å². The average molecular weight is 430 g/mol. The van der Waals surface area contributed by atoms with Crippen molar-refractivity contribution < 1.29 is 12.8 Å². The van der Waals surface area contributed by atoms with E-state index in [1.54, 1.807) is 12.1 Å². The lowest BCUT2D eigenvalue weighted by molar-refractivity contribution is 0.561. The van der Waals surface area contributed by atoms with Gasteiger partial charge < -0.3 is 4.57 Å². The third-order valence-electron chi connectivity index (χ3n) is 4.67. The molecule has 148 valence electrons. The topological polar surface area (TPSA) is 64.0 Å². The van der Waals surface area contributed by atoms with E-state index in [2.05, 4.69) is 9.71 Å². The zero-order valence-electron chi connectivity index (χ0n) is 15.4. The molecule has 0 amide bonds. The molecule has 8 heteroatoms. The number of aryl methyl sites for hydroxylation is 1. The molecule has 0 fully saturated rings. The molecule has 1 atom stereocenters. The summed E-state index contributed by atoms with van der Waals surface area (Å²) in [5.41, 5.74) is 2.31. The standard InChI is InChI=1S/C21H17ClFN3O2S/c1-26-18-10-6-5-9-17(18)24-21(26)20(14-7-3-2-4-8-14)25-29(27,28)19-13-15(23)11-12-16(19)22/h2-13,20,25H,1H3. The monoisotopic (exact) mass is 429 g/mol. The number of nitrogens with one attached hydrogen (secondary N) is 1. The lowest BCUT2D eigenvalue weighted by atomic mass is 10.1. The van der Waals surface area contributed by atoms with Gasteiger partial charge in [-0.25, -0.2) is 17.8 Å². The minimum atomic E-state index is -4.14. The van der Waals surface area contributed by atoms with Gasteiger partial charge in [-0.05, 0) is 35.9 Å². The molecular weight excluding hydrogens is 413 g/mol. The summed E-state index contributed by atoms with van der Waals surface area (Å²) in [7, 11) is -2.31. The maximum absolute atomic E-state index is 13.7. The van der Waals surface area contributed by atoms with E-state index in [-0.39, 0.29) is 9.92 Å². The molecule has 0 spiro atoms. The number of sulfonamides is 1. The summed E-state index contributed by atoms with van der Waals surface area (Å²) in [6.07, 6.45) is 0. The van der Waals surface area contributed by atoms with Gasteiger partial charge in [-0.3, -0.25) is 0 Å². The molecule has 0 saturated heterocycles. The highest BCUT2D eigenvalue weighted by Crippen LogP contribution is 2.29. The van der Waals surface area contributed by atoms with Crippen LogP contribution >= 0.6 is 11.6 Å². The van der Waals surface area contributed by atoms with E-state index >= 15 is 0 Å². The lowest BCUT2D eigenvalue weighted by Crippen LogP contribution is -2.31. The van der Waals surface area contributed by atoms with Crippen LogP contribution in [0.1, 0.15) is 17.4 Å². The molecule has 0 saturated carbocycles. The molecule has 1 aromatic heterocycles. The predicted octanol–water partition coefficient (Wildman–Crippen LogP) is 4.43. The maximum Gasteiger partial charge on any atom is 0.243 e. The Morgan fingerprint density at radius 1 is 1.03 bits per heavy atom. The summed E-state index contributed by atoms with van der Waals surface area (Å²) in [5, 5.41) is -0.0595. The molecule has 0 aliphatic rings. The number of fused-ring (bicyclic) bond motifs is 1. The maximum atomic E-state index is 13.7. The van der Waals surface area contributed by atoms with Gasteiger partial charge in [-0.1, -0.05) is 54.1 Å². The van der Waals surface area contributed by atoms with Gasteiger partial charge in [-0.2, -0.15) is 4.72 Å². The molecule has 1 unspecified atom stereocenters. The molecule has 4 rings (SSSR count). The van der Waals surface area contributed by atoms with Crippen molar-refractivity contribution in [1.82, 2.24) is 14.3 Å². The van der Waals surface area contributed by atoms with Crippen LogP contribution < -0.4 is 4.72 Å². The largest absolute Gasteiger partial charge is 0.329 e. The zero-order valence-corrected chi connectivity index (χ0v) is 17.0. The first-order valence-electron chi connectivity index (χ1n) is 8.80. The normalized spacial score (nSPS) is 12.9. The Kier molecular flexibility index (Phi) is 5.12. The first-order valence-corrected chi connectivity index (χ1v) is 10.7. The van der Waals surface area contributed by atoms with Crippen LogP contribution in [0.5, 0.6) is 0 Å². The second-order valence-corrected chi connectivity index (χ2v) is 8.65. The fourth-order valence-corrected chi connectivity index (χ4v) is 4.93. The number of nitrogens with zero attached hydrogens (tertiary/aromatic N) is 2. The Morgan fingerprint density at radius 3 is 2.45 bits per heavy atom. The molecule has 0 aliphatic heterocycles. The smallest absolute Gasteiger partial charge is 0.243 e. The summed E-state index contributed by atoms with van der Waals surface area (Å²) >= 11 is 6.05. The van der Waals surface area contributed by atoms with Crippen molar-refractivity contribution in [2.45, 2.75) is 10.9 Å². The van der Waals surface area contributed by atoms with Crippen molar-refractivity contribution in [3.05, 3.63) is 95.0 Å². The van der Waals surface area contributed by atoms with Crippen LogP contribution in [0.2, 0.25) is 5.02 Å². The van der Waals surface area contributed by atoms with E-state index in [1.165, 1.54) is 6.07 Å². The van der Waals surface area contributed by atoms with E-state index in [4.69, 9.17) is 11.6 Å². The Morgan fingerprint density at radius 2 is 1.72 bits per heavy atom. The summed E-state index contributed by atoms with van der Waals surface area (Å²) in [5.74, 6) is -0.178. The van der Waals surface area contributed by atoms with E-state index in [9.17, 15) is 12.8 Å². The van der Waals surface area contributed by atoms with Gasteiger partial charge in [0.1, 0.15) is 22.6 Å². The van der Waals surface area contributed by atoms with Gasteiger partial charge >= 0.3 is 0 Å². The summed E-state index contributed by atoms with van der Waals surface area (Å²) in [6, 6.07) is 19.1. The quantitative estimate of drug-likeness (QED) is 0.510. The number of hydrogen-bond donors (Lipinski definition) is 1. The highest BCUT2D eigenvalue weighted by Gasteiger charge is 2.28. The Bertz CT molecular complexity index is 1290. The van der Waals surface area contributed by atoms with Crippen molar-refractivity contribution in [1.29, 1.82) is 0 Å². The number of rotatable bonds is 5. The minimum absolute atomic E-state index is 0.0595. The summed E-state index contributed by atoms with van der Waals surface area (Å²) < 4.78 is 44.4. The molecule has 1 N–H and O–H groups in total. The Balaban J connectivity index is 1.86. The molecule has 1 heterocycles. The highest BCUT2D eigenvalue weighted by atomic mass is 35.5. The number of halogens is 2. The first-order chi connectivity index (χ1) is 13.9. The van der Waals surface area contributed by atoms with Gasteiger partial charge in [-0.15, -0.1) is 0 Å². The highest BCUT2D eigenvalue weighted by molar-refractivity contribution is 7.89. The van der Waals surface area contributed by atoms with Gasteiger partial charge in [0.2, 0.25) is 10.0 Å². The molecular formula is C21H17ClFN3O2S. The molecule has 0 bridgehead atoms. The third-order valence-corrected chi connectivity index (χ3v) is 6.57. The zero-order chi connectivity index (χ0) is 20.6. The van der Waals surface area contributed by atoms with Crippen molar-refractivity contribution in [3.63, 3.8) is 0 Å². The molecule has 29 heavy (non-hydrogen) atoms. The van der Waals surface area contributed by atoms with Crippen molar-refractivity contribution in [3.8, 4) is 0 Å². The number of imidazole rings is 1. The van der Waals surface area contributed by atoms with E-state index < -0.39 is 21.9 Å². The van der Waals surface area contributed by atoms with Gasteiger partial charge in [0, 0.05) is 7.05 Å². The van der Waals surface area contributed by atoms with Crippen LogP contribution in [-0.4, -0.2) is 18.0 Å². The number of para-hydroxylation sites is 2. The van der Waals surface area contributed by atoms with E-state index in [0.29, 0.717) is 11.4 Å². The van der Waals surface area contributed by atoms with Gasteiger partial charge in [0.25, 0.3) is 0 Å². The fourth-order valence-electron chi connectivity index (χ4n) is 3.24. The fraction of sp³-hybridized carbons (Fsp3) is 0.0952. The first kappa shape index (κ1) is 19.6. The Labute approximate surface area is 172 Å². The SMILES string of the molecule is Cn1c(C(NS(=O)(=O)c2cc(F)ccc2Cl)c2ccccc2)nc2ccccc21. The third kappa shape index (κ3) is 3.76. The van der Waals surface area contributed by atoms with Gasteiger partial charge in [0.05, 0.1) is 16.1 Å². The predicted molar refractivity (Wildman–Crippen MR) is 111 cm³/mol. The summed E-state index contributed by atoms with van der Waals surface area (Å²) in [4.78, 5) is 4.32. The lowest BCUT2D eigenvalue weighted by Gasteiger charge is -2.20. The van der Waals surface area contributed by atoms with Crippen LogP contribution in [0.3, 0.4) is 0 Å². The second kappa shape index (κ2) is 7.59. The van der Waals surface area contributed by atoms with Crippen LogP contribution in [-0.2, 0) is 17.1 Å². The van der Waals surface area contributed by atoms with Crippen LogP contribution in [0.4, 0.5) is 4.39 Å².